The molecule has 0 bridgehead atoms. The lowest BCUT2D eigenvalue weighted by Crippen LogP contribution is -2.29. The first kappa shape index (κ1) is 24.0. The number of nitrogens with zero attached hydrogens (tertiary/aromatic N) is 1. The summed E-state index contributed by atoms with van der Waals surface area (Å²) < 4.78 is 5.34. The molecule has 0 fully saturated rings. The second-order valence-electron chi connectivity index (χ2n) is 8.03. The molecule has 0 spiro atoms. The summed E-state index contributed by atoms with van der Waals surface area (Å²) in [6.45, 7) is 3.31. The van der Waals surface area contributed by atoms with Crippen LogP contribution in [0.1, 0.15) is 65.0 Å². The van der Waals surface area contributed by atoms with Crippen molar-refractivity contribution in [3.8, 4) is 0 Å². The summed E-state index contributed by atoms with van der Waals surface area (Å²) in [6, 6.07) is 16.7. The van der Waals surface area contributed by atoms with Crippen LogP contribution in [0.4, 0.5) is 0 Å². The number of ketones is 1. The number of nitrogens with one attached hydrogen (secondary N) is 1. The van der Waals surface area contributed by atoms with Crippen LogP contribution in [0, 0.1) is 0 Å². The summed E-state index contributed by atoms with van der Waals surface area (Å²) in [5.74, 6) is -2.24. The highest BCUT2D eigenvalue weighted by Crippen LogP contribution is 2.26. The first-order valence-corrected chi connectivity index (χ1v) is 11.7. The Morgan fingerprint density at radius 3 is 2.40 bits per heavy atom. The zero-order valence-corrected chi connectivity index (χ0v) is 19.9. The number of imide groups is 1. The van der Waals surface area contributed by atoms with Crippen molar-refractivity contribution in [1.82, 2.24) is 10.2 Å². The molecule has 1 N–H and O–H groups in total. The fourth-order valence-electron chi connectivity index (χ4n) is 3.63. The maximum absolute atomic E-state index is 12.9. The Labute approximate surface area is 205 Å². The van der Waals surface area contributed by atoms with Crippen LogP contribution in [-0.4, -0.2) is 40.5 Å². The lowest BCUT2D eigenvalue weighted by atomic mass is 10.1. The van der Waals surface area contributed by atoms with Gasteiger partial charge < -0.3 is 10.1 Å². The van der Waals surface area contributed by atoms with E-state index in [1.165, 1.54) is 43.4 Å². The Hall–Kier alpha value is -4.11. The van der Waals surface area contributed by atoms with Gasteiger partial charge in [0.15, 0.2) is 6.10 Å². The molecule has 0 aliphatic carbocycles. The minimum atomic E-state index is -1.06. The van der Waals surface area contributed by atoms with E-state index >= 15 is 0 Å². The van der Waals surface area contributed by atoms with Gasteiger partial charge in [-0.15, -0.1) is 11.3 Å². The van der Waals surface area contributed by atoms with Crippen molar-refractivity contribution in [3.63, 3.8) is 0 Å². The van der Waals surface area contributed by atoms with Gasteiger partial charge in [-0.25, -0.2) is 4.79 Å². The fraction of sp³-hybridized carbons (Fsp3) is 0.192. The average molecular weight is 491 g/mol. The van der Waals surface area contributed by atoms with E-state index in [4.69, 9.17) is 4.74 Å². The highest BCUT2D eigenvalue weighted by atomic mass is 32.1. The Balaban J connectivity index is 1.43. The molecule has 35 heavy (non-hydrogen) atoms. The SMILES string of the molecule is CC(=O)NCc1ccc(C(=O)C(C)OC(=O)c2ccc3c(c2)C(=O)N(Cc2ccccc2)C3=O)s1. The molecule has 3 amide bonds. The van der Waals surface area contributed by atoms with Crippen LogP contribution in [0.2, 0.25) is 0 Å². The number of rotatable bonds is 8. The molecule has 1 aliphatic rings. The maximum atomic E-state index is 12.9. The zero-order valence-electron chi connectivity index (χ0n) is 19.1. The minimum Gasteiger partial charge on any atom is -0.451 e. The zero-order chi connectivity index (χ0) is 25.1. The van der Waals surface area contributed by atoms with Gasteiger partial charge in [0.1, 0.15) is 0 Å². The van der Waals surface area contributed by atoms with Gasteiger partial charge in [0.25, 0.3) is 11.8 Å². The van der Waals surface area contributed by atoms with Gasteiger partial charge in [0.2, 0.25) is 11.7 Å². The lowest BCUT2D eigenvalue weighted by molar-refractivity contribution is -0.119. The predicted octanol–water partition coefficient (Wildman–Crippen LogP) is 3.61. The van der Waals surface area contributed by atoms with Crippen LogP contribution in [0.15, 0.2) is 60.7 Å². The van der Waals surface area contributed by atoms with Crippen molar-refractivity contribution >= 4 is 40.8 Å². The summed E-state index contributed by atoms with van der Waals surface area (Å²) in [7, 11) is 0. The normalized spacial score (nSPS) is 13.4. The molecule has 1 aromatic heterocycles. The van der Waals surface area contributed by atoms with E-state index in [0.717, 1.165) is 15.3 Å². The van der Waals surface area contributed by atoms with Gasteiger partial charge in [0.05, 0.1) is 34.7 Å². The first-order chi connectivity index (χ1) is 16.7. The largest absolute Gasteiger partial charge is 0.451 e. The number of Topliss-reactive ketones (excluding diaryl/α,β-unsaturated/α-hetero) is 1. The third-order valence-electron chi connectivity index (χ3n) is 5.46. The van der Waals surface area contributed by atoms with Crippen molar-refractivity contribution in [2.45, 2.75) is 33.0 Å². The number of ether oxygens (including phenoxy) is 1. The molecule has 3 aromatic rings. The van der Waals surface area contributed by atoms with Gasteiger partial charge in [-0.05, 0) is 42.8 Å². The number of hydrogen-bond donors (Lipinski definition) is 1. The number of amides is 3. The van der Waals surface area contributed by atoms with Crippen LogP contribution >= 0.6 is 11.3 Å². The second-order valence-corrected chi connectivity index (χ2v) is 9.20. The molecule has 4 rings (SSSR count). The van der Waals surface area contributed by atoms with Gasteiger partial charge in [-0.2, -0.15) is 0 Å². The van der Waals surface area contributed by atoms with Crippen molar-refractivity contribution in [1.29, 1.82) is 0 Å². The maximum Gasteiger partial charge on any atom is 0.338 e. The number of esters is 1. The van der Waals surface area contributed by atoms with Crippen molar-refractivity contribution in [2.24, 2.45) is 0 Å². The molecule has 1 unspecified atom stereocenters. The smallest absolute Gasteiger partial charge is 0.338 e. The standard InChI is InChI=1S/C26H22N2O6S/c1-15(23(30)22-11-9-19(35-22)13-27-16(2)29)34-26(33)18-8-10-20-21(12-18)25(32)28(24(20)31)14-17-6-4-3-5-7-17/h3-12,15H,13-14H2,1-2H3,(H,27,29). The molecule has 2 aromatic carbocycles. The van der Waals surface area contributed by atoms with Gasteiger partial charge in [0, 0.05) is 11.8 Å². The van der Waals surface area contributed by atoms with Crippen LogP contribution in [0.25, 0.3) is 0 Å². The van der Waals surface area contributed by atoms with E-state index in [1.54, 1.807) is 12.1 Å². The highest BCUT2D eigenvalue weighted by Gasteiger charge is 2.36. The van der Waals surface area contributed by atoms with Gasteiger partial charge in [-0.3, -0.25) is 24.1 Å². The molecule has 178 valence electrons. The van der Waals surface area contributed by atoms with Crippen LogP contribution < -0.4 is 5.32 Å². The molecule has 0 saturated carbocycles. The topological polar surface area (TPSA) is 110 Å². The lowest BCUT2D eigenvalue weighted by Gasteiger charge is -2.13. The highest BCUT2D eigenvalue weighted by molar-refractivity contribution is 7.14. The molecule has 9 heteroatoms. The molecule has 0 radical (unpaired) electrons. The number of carbonyl (C=O) groups is 5. The molecule has 8 nitrogen and oxygen atoms in total. The monoisotopic (exact) mass is 490 g/mol. The minimum absolute atomic E-state index is 0.0728. The molecule has 1 aliphatic heterocycles. The summed E-state index contributed by atoms with van der Waals surface area (Å²) in [5.41, 5.74) is 1.23. The Morgan fingerprint density at radius 2 is 1.69 bits per heavy atom. The van der Waals surface area contributed by atoms with Gasteiger partial charge >= 0.3 is 5.97 Å². The molecular formula is C26H22N2O6S. The van der Waals surface area contributed by atoms with E-state index < -0.39 is 23.9 Å². The van der Waals surface area contributed by atoms with Crippen LogP contribution in [-0.2, 0) is 22.6 Å². The number of carbonyl (C=O) groups excluding carboxylic acids is 5. The number of benzene rings is 2. The molecule has 2 heterocycles. The van der Waals surface area contributed by atoms with Crippen molar-refractivity contribution in [2.75, 3.05) is 0 Å². The van der Waals surface area contributed by atoms with Crippen LogP contribution in [0.3, 0.4) is 0 Å². The third-order valence-corrected chi connectivity index (χ3v) is 6.56. The van der Waals surface area contributed by atoms with E-state index in [-0.39, 0.29) is 34.9 Å². The number of thiophene rings is 1. The fourth-order valence-corrected chi connectivity index (χ4v) is 4.59. The quantitative estimate of drug-likeness (QED) is 0.294. The van der Waals surface area contributed by atoms with E-state index in [2.05, 4.69) is 5.32 Å². The molecular weight excluding hydrogens is 468 g/mol. The van der Waals surface area contributed by atoms with E-state index in [9.17, 15) is 24.0 Å². The second kappa shape index (κ2) is 10.0. The summed E-state index contributed by atoms with van der Waals surface area (Å²) in [4.78, 5) is 64.4. The molecule has 0 saturated heterocycles. The average Bonchev–Trinajstić information content (AvgIpc) is 3.42. The van der Waals surface area contributed by atoms with E-state index in [0.29, 0.717) is 11.4 Å². The molecule has 1 atom stereocenters. The van der Waals surface area contributed by atoms with Crippen molar-refractivity contribution in [3.05, 3.63) is 92.7 Å². The summed E-state index contributed by atoms with van der Waals surface area (Å²) >= 11 is 1.21. The van der Waals surface area contributed by atoms with Crippen molar-refractivity contribution < 1.29 is 28.7 Å². The number of fused-ring (bicyclic) bond motifs is 1. The summed E-state index contributed by atoms with van der Waals surface area (Å²) in [5, 5.41) is 2.66. The Morgan fingerprint density at radius 1 is 0.971 bits per heavy atom. The predicted molar refractivity (Wildman–Crippen MR) is 128 cm³/mol. The van der Waals surface area contributed by atoms with E-state index in [1.807, 2.05) is 30.3 Å². The third kappa shape index (κ3) is 5.20. The Bertz CT molecular complexity index is 1330. The number of hydrogen-bond acceptors (Lipinski definition) is 7. The first-order valence-electron chi connectivity index (χ1n) is 10.9. The summed E-state index contributed by atoms with van der Waals surface area (Å²) in [6.07, 6.45) is -1.06. The van der Waals surface area contributed by atoms with Crippen LogP contribution in [0.5, 0.6) is 0 Å². The Kier molecular flexibility index (Phi) is 6.88. The van der Waals surface area contributed by atoms with Gasteiger partial charge in [-0.1, -0.05) is 30.3 Å².